The van der Waals surface area contributed by atoms with Gasteiger partial charge in [0, 0.05) is 19.7 Å². The lowest BCUT2D eigenvalue weighted by atomic mass is 10.3. The zero-order valence-corrected chi connectivity index (χ0v) is 12.0. The molecule has 1 saturated heterocycles. The van der Waals surface area contributed by atoms with Crippen LogP contribution < -0.4 is 4.74 Å². The molecule has 5 heteroatoms. The van der Waals surface area contributed by atoms with Crippen LogP contribution in [0.3, 0.4) is 0 Å². The number of nitrogens with zero attached hydrogens (tertiary/aromatic N) is 1. The molecule has 1 aromatic rings. The Morgan fingerprint density at radius 3 is 2.71 bits per heavy atom. The van der Waals surface area contributed by atoms with E-state index < -0.39 is 0 Å². The second-order valence-corrected chi connectivity index (χ2v) is 5.77. The van der Waals surface area contributed by atoms with Crippen molar-refractivity contribution in [2.45, 2.75) is 25.4 Å². The maximum atomic E-state index is 12.8. The minimum absolute atomic E-state index is 0.0129. The summed E-state index contributed by atoms with van der Waals surface area (Å²) in [4.78, 5) is 13.8. The van der Waals surface area contributed by atoms with Crippen molar-refractivity contribution in [2.75, 3.05) is 26.3 Å². The Kier molecular flexibility index (Phi) is 4.39. The van der Waals surface area contributed by atoms with Gasteiger partial charge in [0.05, 0.1) is 6.10 Å². The Labute approximate surface area is 123 Å². The van der Waals surface area contributed by atoms with Gasteiger partial charge in [0.25, 0.3) is 5.91 Å². The van der Waals surface area contributed by atoms with Gasteiger partial charge in [-0.05, 0) is 49.4 Å². The average molecular weight is 293 g/mol. The van der Waals surface area contributed by atoms with E-state index in [2.05, 4.69) is 0 Å². The summed E-state index contributed by atoms with van der Waals surface area (Å²) in [5, 5.41) is 0. The third kappa shape index (κ3) is 4.17. The van der Waals surface area contributed by atoms with Crippen LogP contribution in [0.15, 0.2) is 24.3 Å². The highest BCUT2D eigenvalue weighted by atomic mass is 19.1. The van der Waals surface area contributed by atoms with E-state index >= 15 is 0 Å². The number of benzene rings is 1. The van der Waals surface area contributed by atoms with Crippen molar-refractivity contribution in [1.82, 2.24) is 4.90 Å². The van der Waals surface area contributed by atoms with Crippen molar-refractivity contribution >= 4 is 5.91 Å². The fourth-order valence-corrected chi connectivity index (χ4v) is 2.41. The minimum Gasteiger partial charge on any atom is -0.484 e. The number of carbonyl (C=O) groups excluding carboxylic acids is 1. The summed E-state index contributed by atoms with van der Waals surface area (Å²) in [5.41, 5.74) is 0. The summed E-state index contributed by atoms with van der Waals surface area (Å²) in [6, 6.07) is 5.68. The summed E-state index contributed by atoms with van der Waals surface area (Å²) in [6.45, 7) is 2.19. The van der Waals surface area contributed by atoms with Crippen molar-refractivity contribution in [3.8, 4) is 5.75 Å². The molecule has 0 N–H and O–H groups in total. The van der Waals surface area contributed by atoms with Crippen LogP contribution in [-0.4, -0.2) is 43.2 Å². The highest BCUT2D eigenvalue weighted by Gasteiger charge is 2.29. The van der Waals surface area contributed by atoms with Gasteiger partial charge in [-0.2, -0.15) is 0 Å². The average Bonchev–Trinajstić information content (AvgIpc) is 3.20. The molecule has 1 atom stereocenters. The molecule has 1 amide bonds. The van der Waals surface area contributed by atoms with E-state index in [9.17, 15) is 9.18 Å². The van der Waals surface area contributed by atoms with Crippen molar-refractivity contribution in [3.63, 3.8) is 0 Å². The fourth-order valence-electron chi connectivity index (χ4n) is 2.41. The van der Waals surface area contributed by atoms with E-state index in [4.69, 9.17) is 9.47 Å². The predicted molar refractivity (Wildman–Crippen MR) is 75.6 cm³/mol. The number of carbonyl (C=O) groups is 1. The molecule has 0 radical (unpaired) electrons. The molecule has 1 aliphatic heterocycles. The summed E-state index contributed by atoms with van der Waals surface area (Å²) in [7, 11) is 0. The van der Waals surface area contributed by atoms with Crippen LogP contribution >= 0.6 is 0 Å². The van der Waals surface area contributed by atoms with Crippen LogP contribution in [0.4, 0.5) is 4.39 Å². The van der Waals surface area contributed by atoms with E-state index in [1.165, 1.54) is 37.1 Å². The van der Waals surface area contributed by atoms with Crippen LogP contribution in [0.1, 0.15) is 19.3 Å². The van der Waals surface area contributed by atoms with Crippen molar-refractivity contribution in [1.29, 1.82) is 0 Å². The first-order valence-electron chi connectivity index (χ1n) is 7.48. The molecule has 0 spiro atoms. The molecular weight excluding hydrogens is 273 g/mol. The Hall–Kier alpha value is -1.62. The number of hydrogen-bond acceptors (Lipinski definition) is 3. The third-order valence-electron chi connectivity index (χ3n) is 3.94. The van der Waals surface area contributed by atoms with E-state index in [1.807, 2.05) is 0 Å². The number of rotatable bonds is 6. The molecule has 1 aliphatic carbocycles. The molecule has 1 aromatic carbocycles. The lowest BCUT2D eigenvalue weighted by Crippen LogP contribution is -2.34. The smallest absolute Gasteiger partial charge is 0.260 e. The Balaban J connectivity index is 1.39. The maximum Gasteiger partial charge on any atom is 0.260 e. The van der Waals surface area contributed by atoms with Gasteiger partial charge in [0.2, 0.25) is 0 Å². The van der Waals surface area contributed by atoms with Gasteiger partial charge in [-0.15, -0.1) is 0 Å². The molecule has 1 unspecified atom stereocenters. The van der Waals surface area contributed by atoms with Gasteiger partial charge >= 0.3 is 0 Å². The maximum absolute atomic E-state index is 12.8. The fraction of sp³-hybridized carbons (Fsp3) is 0.562. The molecule has 1 saturated carbocycles. The number of ether oxygens (including phenoxy) is 2. The quantitative estimate of drug-likeness (QED) is 0.807. The lowest BCUT2D eigenvalue weighted by Gasteiger charge is -2.17. The minimum atomic E-state index is -0.316. The molecule has 114 valence electrons. The summed E-state index contributed by atoms with van der Waals surface area (Å²) >= 11 is 0. The van der Waals surface area contributed by atoms with E-state index in [-0.39, 0.29) is 24.4 Å². The van der Waals surface area contributed by atoms with Crippen molar-refractivity contribution in [2.24, 2.45) is 5.92 Å². The molecule has 1 heterocycles. The van der Waals surface area contributed by atoms with Gasteiger partial charge in [0.15, 0.2) is 6.61 Å². The Bertz CT molecular complexity index is 487. The zero-order chi connectivity index (χ0) is 14.7. The molecule has 0 aromatic heterocycles. The second-order valence-electron chi connectivity index (χ2n) is 5.77. The number of halogens is 1. The normalized spacial score (nSPS) is 21.6. The second kappa shape index (κ2) is 6.43. The van der Waals surface area contributed by atoms with E-state index in [0.29, 0.717) is 12.3 Å². The highest BCUT2D eigenvalue weighted by molar-refractivity contribution is 5.78. The molecule has 21 heavy (non-hydrogen) atoms. The number of hydrogen-bond donors (Lipinski definition) is 0. The number of likely N-dealkylation sites (tertiary alicyclic amines) is 1. The van der Waals surface area contributed by atoms with E-state index in [1.54, 1.807) is 4.90 Å². The Morgan fingerprint density at radius 1 is 1.24 bits per heavy atom. The van der Waals surface area contributed by atoms with Gasteiger partial charge in [-0.1, -0.05) is 0 Å². The Morgan fingerprint density at radius 2 is 2.00 bits per heavy atom. The largest absolute Gasteiger partial charge is 0.484 e. The SMILES string of the molecule is O=C(COc1ccc(F)cc1)N1CCC(OCC2CC2)C1. The summed E-state index contributed by atoms with van der Waals surface area (Å²) < 4.78 is 24.0. The first-order chi connectivity index (χ1) is 10.2. The van der Waals surface area contributed by atoms with Gasteiger partial charge < -0.3 is 14.4 Å². The summed E-state index contributed by atoms with van der Waals surface area (Å²) in [5.74, 6) is 0.891. The predicted octanol–water partition coefficient (Wildman–Crippen LogP) is 2.23. The zero-order valence-electron chi connectivity index (χ0n) is 12.0. The molecule has 4 nitrogen and oxygen atoms in total. The molecule has 2 fully saturated rings. The van der Waals surface area contributed by atoms with Gasteiger partial charge in [0.1, 0.15) is 11.6 Å². The van der Waals surface area contributed by atoms with Crippen molar-refractivity contribution < 1.29 is 18.7 Å². The van der Waals surface area contributed by atoms with Crippen LogP contribution in [0.25, 0.3) is 0 Å². The molecular formula is C16H20FNO3. The molecule has 3 rings (SSSR count). The standard InChI is InChI=1S/C16H20FNO3/c17-13-3-5-14(6-4-13)21-11-16(19)18-8-7-15(9-18)20-10-12-1-2-12/h3-6,12,15H,1-2,7-11H2. The molecule has 0 bridgehead atoms. The first kappa shape index (κ1) is 14.3. The lowest BCUT2D eigenvalue weighted by molar-refractivity contribution is -0.132. The van der Waals surface area contributed by atoms with Crippen LogP contribution in [0.5, 0.6) is 5.75 Å². The highest BCUT2D eigenvalue weighted by Crippen LogP contribution is 2.30. The monoisotopic (exact) mass is 293 g/mol. The summed E-state index contributed by atoms with van der Waals surface area (Å²) in [6.07, 6.45) is 3.62. The first-order valence-corrected chi connectivity index (χ1v) is 7.48. The van der Waals surface area contributed by atoms with Gasteiger partial charge in [-0.25, -0.2) is 4.39 Å². The van der Waals surface area contributed by atoms with Gasteiger partial charge in [-0.3, -0.25) is 4.79 Å². The third-order valence-corrected chi connectivity index (χ3v) is 3.94. The van der Waals surface area contributed by atoms with Crippen LogP contribution in [0.2, 0.25) is 0 Å². The van der Waals surface area contributed by atoms with E-state index in [0.717, 1.165) is 25.5 Å². The molecule has 2 aliphatic rings. The van der Waals surface area contributed by atoms with Crippen LogP contribution in [-0.2, 0) is 9.53 Å². The number of amides is 1. The van der Waals surface area contributed by atoms with Crippen molar-refractivity contribution in [3.05, 3.63) is 30.1 Å². The van der Waals surface area contributed by atoms with Crippen LogP contribution in [0, 0.1) is 11.7 Å². The topological polar surface area (TPSA) is 38.8 Å².